The molecule has 17 heavy (non-hydrogen) atoms. The van der Waals surface area contributed by atoms with Crippen LogP contribution in [0.1, 0.15) is 36.7 Å². The predicted octanol–water partition coefficient (Wildman–Crippen LogP) is 3.43. The molecule has 0 aromatic heterocycles. The Labute approximate surface area is 108 Å². The van der Waals surface area contributed by atoms with Gasteiger partial charge in [0, 0.05) is 5.56 Å². The molecule has 0 spiro atoms. The summed E-state index contributed by atoms with van der Waals surface area (Å²) in [5.41, 5.74) is 1.92. The molecule has 0 aliphatic carbocycles. The molecule has 1 unspecified atom stereocenters. The molecule has 0 radical (unpaired) electrons. The van der Waals surface area contributed by atoms with Crippen LogP contribution in [0.3, 0.4) is 0 Å². The smallest absolute Gasteiger partial charge is 0.174 e. The number of hydrogen-bond donors (Lipinski definition) is 0. The fourth-order valence-corrected chi connectivity index (χ4v) is 1.75. The molecule has 1 atom stereocenters. The van der Waals surface area contributed by atoms with E-state index in [-0.39, 0.29) is 11.7 Å². The molecular formula is C14H18O2S. The monoisotopic (exact) mass is 250 g/mol. The van der Waals surface area contributed by atoms with Gasteiger partial charge < -0.3 is 4.74 Å². The van der Waals surface area contributed by atoms with Crippen molar-refractivity contribution in [3.63, 3.8) is 0 Å². The number of ketones is 1. The van der Waals surface area contributed by atoms with Crippen LogP contribution in [0.5, 0.6) is 0 Å². The average molecular weight is 250 g/mol. The third-order valence-electron chi connectivity index (χ3n) is 2.68. The first-order valence-corrected chi connectivity index (χ1v) is 6.30. The number of carbonyl (C=O) groups excluding carboxylic acids is 1. The van der Waals surface area contributed by atoms with Crippen molar-refractivity contribution in [3.05, 3.63) is 35.4 Å². The summed E-state index contributed by atoms with van der Waals surface area (Å²) in [5.74, 6) is -0.344. The summed E-state index contributed by atoms with van der Waals surface area (Å²) in [6.07, 6.45) is 0.974. The highest BCUT2D eigenvalue weighted by Gasteiger charge is 2.20. The van der Waals surface area contributed by atoms with Crippen molar-refractivity contribution < 1.29 is 9.53 Å². The number of rotatable bonds is 5. The first kappa shape index (κ1) is 13.8. The number of hydrogen-bond acceptors (Lipinski definition) is 3. The molecule has 2 nitrogen and oxygen atoms in total. The topological polar surface area (TPSA) is 26.3 Å². The van der Waals surface area contributed by atoms with Gasteiger partial charge in [0.2, 0.25) is 0 Å². The fourth-order valence-electron chi connectivity index (χ4n) is 1.53. The van der Waals surface area contributed by atoms with E-state index in [1.807, 2.05) is 31.2 Å². The molecule has 0 amide bonds. The summed E-state index contributed by atoms with van der Waals surface area (Å²) in [4.78, 5) is 12.1. The van der Waals surface area contributed by atoms with Crippen molar-refractivity contribution in [1.29, 1.82) is 0 Å². The second kappa shape index (κ2) is 6.50. The summed E-state index contributed by atoms with van der Waals surface area (Å²) in [7, 11) is 0. The third kappa shape index (κ3) is 3.63. The SMILES string of the molecule is CCOC(=S)C(C)C(=O)c1ccc(CC)cc1. The van der Waals surface area contributed by atoms with Gasteiger partial charge in [-0.2, -0.15) is 0 Å². The van der Waals surface area contributed by atoms with Crippen LogP contribution in [0.15, 0.2) is 24.3 Å². The number of carbonyl (C=O) groups is 1. The highest BCUT2D eigenvalue weighted by Crippen LogP contribution is 2.13. The van der Waals surface area contributed by atoms with Gasteiger partial charge in [-0.05, 0) is 38.0 Å². The Morgan fingerprint density at radius 1 is 1.29 bits per heavy atom. The van der Waals surface area contributed by atoms with Crippen molar-refractivity contribution in [2.24, 2.45) is 5.92 Å². The first-order valence-electron chi connectivity index (χ1n) is 5.89. The summed E-state index contributed by atoms with van der Waals surface area (Å²) >= 11 is 5.06. The minimum atomic E-state index is -0.363. The van der Waals surface area contributed by atoms with E-state index in [1.165, 1.54) is 5.56 Å². The van der Waals surface area contributed by atoms with Crippen LogP contribution in [0, 0.1) is 5.92 Å². The second-order valence-corrected chi connectivity index (χ2v) is 4.29. The normalized spacial score (nSPS) is 11.9. The lowest BCUT2D eigenvalue weighted by molar-refractivity contribution is 0.0951. The number of Topliss-reactive ketones (excluding diaryl/α,β-unsaturated/α-hetero) is 1. The standard InChI is InChI=1S/C14H18O2S/c1-4-11-6-8-12(9-7-11)13(15)10(3)14(17)16-5-2/h6-10H,4-5H2,1-3H3. The van der Waals surface area contributed by atoms with E-state index in [0.717, 1.165) is 6.42 Å². The quantitative estimate of drug-likeness (QED) is 0.591. The van der Waals surface area contributed by atoms with Crippen LogP contribution in [-0.4, -0.2) is 17.4 Å². The van der Waals surface area contributed by atoms with E-state index < -0.39 is 0 Å². The molecule has 92 valence electrons. The van der Waals surface area contributed by atoms with E-state index in [1.54, 1.807) is 6.92 Å². The number of ether oxygens (including phenoxy) is 1. The van der Waals surface area contributed by atoms with E-state index in [4.69, 9.17) is 17.0 Å². The van der Waals surface area contributed by atoms with Gasteiger partial charge >= 0.3 is 0 Å². The highest BCUT2D eigenvalue weighted by molar-refractivity contribution is 7.80. The molecule has 0 saturated heterocycles. The Kier molecular flexibility index (Phi) is 5.29. The van der Waals surface area contributed by atoms with Gasteiger partial charge in [-0.1, -0.05) is 31.2 Å². The van der Waals surface area contributed by atoms with Crippen LogP contribution in [0.25, 0.3) is 0 Å². The average Bonchev–Trinajstić information content (AvgIpc) is 2.37. The van der Waals surface area contributed by atoms with E-state index in [9.17, 15) is 4.79 Å². The van der Waals surface area contributed by atoms with E-state index >= 15 is 0 Å². The Balaban J connectivity index is 2.77. The second-order valence-electron chi connectivity index (χ2n) is 3.89. The zero-order valence-corrected chi connectivity index (χ0v) is 11.3. The largest absolute Gasteiger partial charge is 0.487 e. The van der Waals surface area contributed by atoms with Crippen LogP contribution in [0.2, 0.25) is 0 Å². The lowest BCUT2D eigenvalue weighted by Gasteiger charge is -2.12. The van der Waals surface area contributed by atoms with Gasteiger partial charge in [0.25, 0.3) is 0 Å². The summed E-state index contributed by atoms with van der Waals surface area (Å²) in [6.45, 7) is 6.24. The maximum atomic E-state index is 12.1. The zero-order valence-electron chi connectivity index (χ0n) is 10.5. The Morgan fingerprint density at radius 3 is 2.35 bits per heavy atom. The van der Waals surface area contributed by atoms with Gasteiger partial charge in [-0.25, -0.2) is 0 Å². The minimum Gasteiger partial charge on any atom is -0.487 e. The maximum absolute atomic E-state index is 12.1. The minimum absolute atomic E-state index is 0.0195. The van der Waals surface area contributed by atoms with Crippen LogP contribution in [-0.2, 0) is 11.2 Å². The molecule has 1 aromatic rings. The van der Waals surface area contributed by atoms with E-state index in [0.29, 0.717) is 17.2 Å². The molecule has 0 fully saturated rings. The van der Waals surface area contributed by atoms with Crippen molar-refractivity contribution in [1.82, 2.24) is 0 Å². The zero-order chi connectivity index (χ0) is 12.8. The van der Waals surface area contributed by atoms with Gasteiger partial charge in [0.15, 0.2) is 10.8 Å². The molecule has 1 aromatic carbocycles. The predicted molar refractivity (Wildman–Crippen MR) is 73.5 cm³/mol. The fraction of sp³-hybridized carbons (Fsp3) is 0.429. The molecule has 0 heterocycles. The van der Waals surface area contributed by atoms with Crippen LogP contribution < -0.4 is 0 Å². The third-order valence-corrected chi connectivity index (χ3v) is 3.15. The molecular weight excluding hydrogens is 232 g/mol. The lowest BCUT2D eigenvalue weighted by atomic mass is 9.98. The molecule has 0 N–H and O–H groups in total. The molecule has 0 saturated carbocycles. The molecule has 0 bridgehead atoms. The molecule has 0 aliphatic rings. The summed E-state index contributed by atoms with van der Waals surface area (Å²) < 4.78 is 5.20. The van der Waals surface area contributed by atoms with Crippen LogP contribution >= 0.6 is 12.2 Å². The van der Waals surface area contributed by atoms with Crippen molar-refractivity contribution in [2.45, 2.75) is 27.2 Å². The molecule has 1 rings (SSSR count). The van der Waals surface area contributed by atoms with E-state index in [2.05, 4.69) is 6.92 Å². The van der Waals surface area contributed by atoms with Gasteiger partial charge in [0.1, 0.15) is 0 Å². The molecule has 3 heteroatoms. The Morgan fingerprint density at radius 2 is 1.88 bits per heavy atom. The summed E-state index contributed by atoms with van der Waals surface area (Å²) in [6, 6.07) is 7.66. The maximum Gasteiger partial charge on any atom is 0.174 e. The number of benzene rings is 1. The Hall–Kier alpha value is -1.22. The van der Waals surface area contributed by atoms with Gasteiger partial charge in [0.05, 0.1) is 12.5 Å². The van der Waals surface area contributed by atoms with Gasteiger partial charge in [-0.15, -0.1) is 0 Å². The summed E-state index contributed by atoms with van der Waals surface area (Å²) in [5, 5.41) is 0.372. The van der Waals surface area contributed by atoms with Crippen molar-refractivity contribution in [3.8, 4) is 0 Å². The number of thiocarbonyl (C=S) groups is 1. The molecule has 0 aliphatic heterocycles. The van der Waals surface area contributed by atoms with Gasteiger partial charge in [-0.3, -0.25) is 4.79 Å². The highest BCUT2D eigenvalue weighted by atomic mass is 32.1. The number of aryl methyl sites for hydroxylation is 1. The van der Waals surface area contributed by atoms with Crippen molar-refractivity contribution in [2.75, 3.05) is 6.61 Å². The Bertz CT molecular complexity index is 395. The lowest BCUT2D eigenvalue weighted by Crippen LogP contribution is -2.22. The van der Waals surface area contributed by atoms with Crippen molar-refractivity contribution >= 4 is 23.1 Å². The first-order chi connectivity index (χ1) is 8.10. The van der Waals surface area contributed by atoms with Crippen LogP contribution in [0.4, 0.5) is 0 Å².